The Bertz CT molecular complexity index is 565. The van der Waals surface area contributed by atoms with Crippen molar-refractivity contribution in [2.45, 2.75) is 30.7 Å². The number of hydrogen-bond donors (Lipinski definition) is 3. The zero-order chi connectivity index (χ0) is 16.6. The molecule has 1 saturated heterocycles. The van der Waals surface area contributed by atoms with E-state index < -0.39 is 10.1 Å². The number of aryl methyl sites for hydroxylation is 1. The van der Waals surface area contributed by atoms with Crippen molar-refractivity contribution in [1.82, 2.24) is 10.6 Å². The summed E-state index contributed by atoms with van der Waals surface area (Å²) in [5.74, 6) is 0. The second-order valence-corrected chi connectivity index (χ2v) is 6.37. The van der Waals surface area contributed by atoms with Crippen molar-refractivity contribution in [2.75, 3.05) is 20.2 Å². The van der Waals surface area contributed by atoms with Crippen LogP contribution >= 0.6 is 0 Å². The molecule has 8 heteroatoms. The van der Waals surface area contributed by atoms with Gasteiger partial charge < -0.3 is 15.4 Å². The van der Waals surface area contributed by atoms with Crippen molar-refractivity contribution < 1.29 is 22.5 Å². The standard InChI is InChI=1S/C7H14N2O2.C7H8O3S/c1-11-7(10)9-6-2-4-8-5-3-6;1-6-2-4-7(5-3-6)11(8,9)10/h6,8H,2-5H2,1H3,(H,9,10);2-5H,1H3,(H,8,9,10). The van der Waals surface area contributed by atoms with Gasteiger partial charge in [-0.1, -0.05) is 17.7 Å². The van der Waals surface area contributed by atoms with E-state index in [4.69, 9.17) is 4.55 Å². The minimum Gasteiger partial charge on any atom is -0.453 e. The smallest absolute Gasteiger partial charge is 0.407 e. The summed E-state index contributed by atoms with van der Waals surface area (Å²) < 4.78 is 34.0. The van der Waals surface area contributed by atoms with E-state index in [1.54, 1.807) is 12.1 Å². The summed E-state index contributed by atoms with van der Waals surface area (Å²) in [6.07, 6.45) is 1.67. The number of hydrogen-bond acceptors (Lipinski definition) is 5. The molecule has 1 aromatic rings. The summed E-state index contributed by atoms with van der Waals surface area (Å²) in [4.78, 5) is 10.7. The average molecular weight is 330 g/mol. The van der Waals surface area contributed by atoms with Gasteiger partial charge in [0.1, 0.15) is 0 Å². The van der Waals surface area contributed by atoms with Crippen molar-refractivity contribution in [2.24, 2.45) is 0 Å². The molecular weight excluding hydrogens is 308 g/mol. The van der Waals surface area contributed by atoms with E-state index in [1.807, 2.05) is 6.92 Å². The van der Waals surface area contributed by atoms with Crippen LogP contribution in [0.4, 0.5) is 4.79 Å². The molecular formula is C14H22N2O5S. The van der Waals surface area contributed by atoms with E-state index in [1.165, 1.54) is 19.2 Å². The lowest BCUT2D eigenvalue weighted by Gasteiger charge is -2.22. The van der Waals surface area contributed by atoms with Crippen LogP contribution in [0.1, 0.15) is 18.4 Å². The van der Waals surface area contributed by atoms with Crippen LogP contribution in [0.15, 0.2) is 29.2 Å². The topological polar surface area (TPSA) is 105 Å². The lowest BCUT2D eigenvalue weighted by Crippen LogP contribution is -2.42. The number of alkyl carbamates (subject to hydrolysis) is 1. The van der Waals surface area contributed by atoms with Crippen molar-refractivity contribution >= 4 is 16.2 Å². The summed E-state index contributed by atoms with van der Waals surface area (Å²) in [6, 6.07) is 6.28. The number of carbonyl (C=O) groups is 1. The van der Waals surface area contributed by atoms with Crippen LogP contribution in [-0.2, 0) is 14.9 Å². The van der Waals surface area contributed by atoms with Crippen molar-refractivity contribution in [1.29, 1.82) is 0 Å². The molecule has 0 radical (unpaired) electrons. The Morgan fingerprint density at radius 1 is 1.27 bits per heavy atom. The lowest BCUT2D eigenvalue weighted by atomic mass is 10.1. The third-order valence-electron chi connectivity index (χ3n) is 3.17. The zero-order valence-corrected chi connectivity index (χ0v) is 13.5. The van der Waals surface area contributed by atoms with Gasteiger partial charge in [-0.3, -0.25) is 4.55 Å². The van der Waals surface area contributed by atoms with Gasteiger partial charge in [0.25, 0.3) is 10.1 Å². The molecule has 0 aromatic heterocycles. The fourth-order valence-corrected chi connectivity index (χ4v) is 2.38. The van der Waals surface area contributed by atoms with Gasteiger partial charge in [-0.05, 0) is 45.0 Å². The van der Waals surface area contributed by atoms with Gasteiger partial charge in [0.2, 0.25) is 0 Å². The second kappa shape index (κ2) is 8.72. The number of nitrogens with one attached hydrogen (secondary N) is 2. The maximum Gasteiger partial charge on any atom is 0.407 e. The molecule has 1 heterocycles. The molecule has 3 N–H and O–H groups in total. The first-order valence-corrected chi connectivity index (χ1v) is 8.36. The minimum absolute atomic E-state index is 0.0666. The molecule has 1 fully saturated rings. The predicted octanol–water partition coefficient (Wildman–Crippen LogP) is 1.34. The fraction of sp³-hybridized carbons (Fsp3) is 0.500. The molecule has 2 rings (SSSR count). The summed E-state index contributed by atoms with van der Waals surface area (Å²) in [7, 11) is -2.63. The maximum absolute atomic E-state index is 10.7. The Labute approximate surface area is 130 Å². The van der Waals surface area contributed by atoms with E-state index in [9.17, 15) is 13.2 Å². The van der Waals surface area contributed by atoms with Crippen LogP contribution in [0.3, 0.4) is 0 Å². The Morgan fingerprint density at radius 3 is 2.27 bits per heavy atom. The first kappa shape index (κ1) is 18.4. The highest BCUT2D eigenvalue weighted by Crippen LogP contribution is 2.08. The summed E-state index contributed by atoms with van der Waals surface area (Å²) in [6.45, 7) is 3.80. The maximum atomic E-state index is 10.7. The van der Waals surface area contributed by atoms with Gasteiger partial charge in [0, 0.05) is 6.04 Å². The van der Waals surface area contributed by atoms with Crippen LogP contribution in [0.2, 0.25) is 0 Å². The van der Waals surface area contributed by atoms with Crippen LogP contribution in [0, 0.1) is 6.92 Å². The number of piperidine rings is 1. The molecule has 0 saturated carbocycles. The summed E-state index contributed by atoms with van der Waals surface area (Å²) in [5, 5.41) is 5.98. The summed E-state index contributed by atoms with van der Waals surface area (Å²) in [5.41, 5.74) is 0.956. The molecule has 0 unspecified atom stereocenters. The molecule has 0 spiro atoms. The number of methoxy groups -OCH3 is 1. The molecule has 0 atom stereocenters. The molecule has 1 aliphatic rings. The molecule has 22 heavy (non-hydrogen) atoms. The molecule has 1 aliphatic heterocycles. The highest BCUT2D eigenvalue weighted by molar-refractivity contribution is 7.85. The Balaban J connectivity index is 0.000000220. The van der Waals surface area contributed by atoms with Gasteiger partial charge in [-0.25, -0.2) is 4.79 Å². The monoisotopic (exact) mass is 330 g/mol. The molecule has 1 aromatic carbocycles. The number of amides is 1. The number of benzene rings is 1. The molecule has 124 valence electrons. The number of rotatable bonds is 2. The SMILES string of the molecule is COC(=O)NC1CCNCC1.Cc1ccc(S(=O)(=O)O)cc1. The first-order chi connectivity index (χ1) is 10.3. The quantitative estimate of drug-likeness (QED) is 0.707. The van der Waals surface area contributed by atoms with Crippen LogP contribution in [-0.4, -0.2) is 45.3 Å². The first-order valence-electron chi connectivity index (χ1n) is 6.92. The van der Waals surface area contributed by atoms with E-state index in [-0.39, 0.29) is 11.0 Å². The summed E-state index contributed by atoms with van der Waals surface area (Å²) >= 11 is 0. The predicted molar refractivity (Wildman–Crippen MR) is 82.4 cm³/mol. The molecule has 1 amide bonds. The third-order valence-corrected chi connectivity index (χ3v) is 4.03. The lowest BCUT2D eigenvalue weighted by molar-refractivity contribution is 0.164. The van der Waals surface area contributed by atoms with E-state index in [2.05, 4.69) is 15.4 Å². The average Bonchev–Trinajstić information content (AvgIpc) is 2.48. The molecule has 7 nitrogen and oxygen atoms in total. The molecule has 0 bridgehead atoms. The Morgan fingerprint density at radius 2 is 1.82 bits per heavy atom. The minimum atomic E-state index is -4.02. The number of ether oxygens (including phenoxy) is 1. The van der Waals surface area contributed by atoms with Gasteiger partial charge >= 0.3 is 6.09 Å². The van der Waals surface area contributed by atoms with Crippen LogP contribution < -0.4 is 10.6 Å². The normalized spacial score (nSPS) is 15.4. The van der Waals surface area contributed by atoms with Gasteiger partial charge in [0.05, 0.1) is 12.0 Å². The van der Waals surface area contributed by atoms with Gasteiger partial charge in [0.15, 0.2) is 0 Å². The second-order valence-electron chi connectivity index (χ2n) is 4.95. The van der Waals surface area contributed by atoms with Crippen molar-refractivity contribution in [3.8, 4) is 0 Å². The Kier molecular flexibility index (Phi) is 7.30. The van der Waals surface area contributed by atoms with Gasteiger partial charge in [-0.2, -0.15) is 8.42 Å². The van der Waals surface area contributed by atoms with E-state index >= 15 is 0 Å². The van der Waals surface area contributed by atoms with Crippen molar-refractivity contribution in [3.05, 3.63) is 29.8 Å². The highest BCUT2D eigenvalue weighted by atomic mass is 32.2. The zero-order valence-electron chi connectivity index (χ0n) is 12.7. The number of carbonyl (C=O) groups excluding carboxylic acids is 1. The van der Waals surface area contributed by atoms with E-state index in [0.29, 0.717) is 6.04 Å². The highest BCUT2D eigenvalue weighted by Gasteiger charge is 2.14. The third kappa shape index (κ3) is 6.88. The van der Waals surface area contributed by atoms with Crippen LogP contribution in [0.25, 0.3) is 0 Å². The van der Waals surface area contributed by atoms with Gasteiger partial charge in [-0.15, -0.1) is 0 Å². The molecule has 0 aliphatic carbocycles. The van der Waals surface area contributed by atoms with Crippen LogP contribution in [0.5, 0.6) is 0 Å². The largest absolute Gasteiger partial charge is 0.453 e. The fourth-order valence-electron chi connectivity index (χ4n) is 1.90. The van der Waals surface area contributed by atoms with E-state index in [0.717, 1.165) is 31.5 Å². The van der Waals surface area contributed by atoms with Crippen molar-refractivity contribution in [3.63, 3.8) is 0 Å². The Hall–Kier alpha value is -1.64.